The van der Waals surface area contributed by atoms with Crippen molar-refractivity contribution < 1.29 is 5.11 Å². The molecule has 1 heteroatoms. The second-order valence-electron chi connectivity index (χ2n) is 3.17. The van der Waals surface area contributed by atoms with Crippen molar-refractivity contribution in [2.45, 2.75) is 12.5 Å². The molecule has 0 spiro atoms. The van der Waals surface area contributed by atoms with Crippen molar-refractivity contribution in [2.75, 3.05) is 0 Å². The van der Waals surface area contributed by atoms with Crippen molar-refractivity contribution in [1.82, 2.24) is 0 Å². The molecule has 0 aromatic heterocycles. The van der Waals surface area contributed by atoms with Gasteiger partial charge in [-0.1, -0.05) is 49.6 Å². The van der Waals surface area contributed by atoms with E-state index in [-0.39, 0.29) is 0 Å². The van der Waals surface area contributed by atoms with Gasteiger partial charge in [-0.15, -0.1) is 0 Å². The van der Waals surface area contributed by atoms with E-state index in [9.17, 15) is 5.11 Å². The zero-order valence-corrected chi connectivity index (χ0v) is 7.83. The molecule has 0 aliphatic heterocycles. The zero-order chi connectivity index (χ0) is 9.90. The quantitative estimate of drug-likeness (QED) is 0.698. The van der Waals surface area contributed by atoms with Crippen LogP contribution in [0.15, 0.2) is 55.1 Å². The number of benzene rings is 1. The fourth-order valence-corrected chi connectivity index (χ4v) is 1.15. The van der Waals surface area contributed by atoms with Gasteiger partial charge in [0.25, 0.3) is 0 Å². The first-order valence-electron chi connectivity index (χ1n) is 4.18. The molecule has 68 valence electrons. The van der Waals surface area contributed by atoms with Gasteiger partial charge in [-0.2, -0.15) is 0 Å². The van der Waals surface area contributed by atoms with Crippen LogP contribution >= 0.6 is 0 Å². The molecule has 1 atom stereocenters. The average Bonchev–Trinajstić information content (AvgIpc) is 2.18. The molecule has 1 nitrogen and oxygen atoms in total. The highest BCUT2D eigenvalue weighted by molar-refractivity contribution is 5.34. The molecule has 1 N–H and O–H groups in total. The Balaban J connectivity index is 3.07. The Labute approximate surface area is 79.0 Å². The van der Waals surface area contributed by atoms with Crippen molar-refractivity contribution in [3.05, 3.63) is 60.7 Å². The van der Waals surface area contributed by atoms with Gasteiger partial charge in [0.05, 0.1) is 0 Å². The average molecular weight is 174 g/mol. The van der Waals surface area contributed by atoms with Crippen molar-refractivity contribution >= 4 is 0 Å². The summed E-state index contributed by atoms with van der Waals surface area (Å²) in [5, 5.41) is 10.1. The molecular weight excluding hydrogens is 160 g/mol. The third kappa shape index (κ3) is 1.87. The molecule has 0 amide bonds. The highest BCUT2D eigenvalue weighted by Crippen LogP contribution is 2.27. The SMILES string of the molecule is C=CC(=C)C(C)(O)c1ccccc1. The molecule has 0 saturated carbocycles. The van der Waals surface area contributed by atoms with Crippen LogP contribution in [-0.2, 0) is 5.60 Å². The Kier molecular flexibility index (Phi) is 2.69. The second-order valence-corrected chi connectivity index (χ2v) is 3.17. The highest BCUT2D eigenvalue weighted by atomic mass is 16.3. The molecule has 0 aliphatic rings. The lowest BCUT2D eigenvalue weighted by molar-refractivity contribution is 0.102. The summed E-state index contributed by atoms with van der Waals surface area (Å²) >= 11 is 0. The molecule has 1 aromatic rings. The first kappa shape index (κ1) is 9.75. The van der Waals surface area contributed by atoms with Gasteiger partial charge in [0.15, 0.2) is 0 Å². The maximum absolute atomic E-state index is 10.1. The van der Waals surface area contributed by atoms with Crippen LogP contribution in [0.25, 0.3) is 0 Å². The van der Waals surface area contributed by atoms with Gasteiger partial charge < -0.3 is 5.11 Å². The lowest BCUT2D eigenvalue weighted by atomic mass is 9.89. The van der Waals surface area contributed by atoms with E-state index < -0.39 is 5.60 Å². The van der Waals surface area contributed by atoms with E-state index in [0.29, 0.717) is 5.57 Å². The molecule has 0 bridgehead atoms. The predicted octanol–water partition coefficient (Wildman–Crippen LogP) is 2.64. The van der Waals surface area contributed by atoms with Crippen molar-refractivity contribution in [3.8, 4) is 0 Å². The molecule has 13 heavy (non-hydrogen) atoms. The van der Waals surface area contributed by atoms with Gasteiger partial charge in [0.1, 0.15) is 5.60 Å². The summed E-state index contributed by atoms with van der Waals surface area (Å²) in [7, 11) is 0. The van der Waals surface area contributed by atoms with Crippen molar-refractivity contribution in [2.24, 2.45) is 0 Å². The highest BCUT2D eigenvalue weighted by Gasteiger charge is 2.24. The predicted molar refractivity (Wildman–Crippen MR) is 55.3 cm³/mol. The Morgan fingerprint density at radius 1 is 1.38 bits per heavy atom. The maximum atomic E-state index is 10.1. The van der Waals surface area contributed by atoms with Crippen molar-refractivity contribution in [1.29, 1.82) is 0 Å². The largest absolute Gasteiger partial charge is 0.381 e. The van der Waals surface area contributed by atoms with Crippen LogP contribution < -0.4 is 0 Å². The van der Waals surface area contributed by atoms with Crippen LogP contribution in [0, 0.1) is 0 Å². The fourth-order valence-electron chi connectivity index (χ4n) is 1.15. The van der Waals surface area contributed by atoms with Gasteiger partial charge in [-0.3, -0.25) is 0 Å². The Hall–Kier alpha value is -1.34. The minimum atomic E-state index is -1.01. The maximum Gasteiger partial charge on any atom is 0.111 e. The monoisotopic (exact) mass is 174 g/mol. The molecule has 1 rings (SSSR count). The van der Waals surface area contributed by atoms with Gasteiger partial charge in [-0.25, -0.2) is 0 Å². The smallest absolute Gasteiger partial charge is 0.111 e. The number of aliphatic hydroxyl groups is 1. The van der Waals surface area contributed by atoms with Crippen LogP contribution in [0.5, 0.6) is 0 Å². The summed E-state index contributed by atoms with van der Waals surface area (Å²) in [6.07, 6.45) is 1.58. The minimum absolute atomic E-state index is 0.610. The van der Waals surface area contributed by atoms with Crippen molar-refractivity contribution in [3.63, 3.8) is 0 Å². The summed E-state index contributed by atoms with van der Waals surface area (Å²) < 4.78 is 0. The molecule has 1 unspecified atom stereocenters. The van der Waals surface area contributed by atoms with Gasteiger partial charge in [-0.05, 0) is 18.1 Å². The van der Waals surface area contributed by atoms with E-state index in [0.717, 1.165) is 5.56 Å². The molecule has 1 aromatic carbocycles. The van der Waals surface area contributed by atoms with E-state index in [4.69, 9.17) is 0 Å². The Morgan fingerprint density at radius 2 is 1.92 bits per heavy atom. The van der Waals surface area contributed by atoms with E-state index in [1.54, 1.807) is 13.0 Å². The summed E-state index contributed by atoms with van der Waals surface area (Å²) in [6, 6.07) is 9.43. The molecule has 0 radical (unpaired) electrons. The number of hydrogen-bond donors (Lipinski definition) is 1. The van der Waals surface area contributed by atoms with Crippen LogP contribution in [0.1, 0.15) is 12.5 Å². The van der Waals surface area contributed by atoms with Gasteiger partial charge in [0, 0.05) is 0 Å². The Bertz CT molecular complexity index is 309. The van der Waals surface area contributed by atoms with Crippen LogP contribution in [0.3, 0.4) is 0 Å². The summed E-state index contributed by atoms with van der Waals surface area (Å²) in [4.78, 5) is 0. The molecule has 0 heterocycles. The van der Waals surface area contributed by atoms with Crippen LogP contribution in [-0.4, -0.2) is 5.11 Å². The molecular formula is C12H14O. The van der Waals surface area contributed by atoms with Gasteiger partial charge in [0.2, 0.25) is 0 Å². The molecule has 0 saturated heterocycles. The fraction of sp³-hybridized carbons (Fsp3) is 0.167. The number of hydrogen-bond acceptors (Lipinski definition) is 1. The third-order valence-corrected chi connectivity index (χ3v) is 2.21. The first-order chi connectivity index (χ1) is 6.09. The summed E-state index contributed by atoms with van der Waals surface area (Å²) in [5.74, 6) is 0. The topological polar surface area (TPSA) is 20.2 Å². The second kappa shape index (κ2) is 3.58. The van der Waals surface area contributed by atoms with E-state index in [1.807, 2.05) is 30.3 Å². The minimum Gasteiger partial charge on any atom is -0.381 e. The standard InChI is InChI=1S/C12H14O/c1-4-10(2)12(3,13)11-8-6-5-7-9-11/h4-9,13H,1-2H2,3H3. The van der Waals surface area contributed by atoms with E-state index in [2.05, 4.69) is 13.2 Å². The number of rotatable bonds is 3. The van der Waals surface area contributed by atoms with Gasteiger partial charge >= 0.3 is 0 Å². The molecule has 0 aliphatic carbocycles. The lowest BCUT2D eigenvalue weighted by Crippen LogP contribution is -2.22. The third-order valence-electron chi connectivity index (χ3n) is 2.21. The van der Waals surface area contributed by atoms with Crippen LogP contribution in [0.2, 0.25) is 0 Å². The molecule has 0 fully saturated rings. The van der Waals surface area contributed by atoms with E-state index >= 15 is 0 Å². The normalized spacial score (nSPS) is 14.6. The summed E-state index contributed by atoms with van der Waals surface area (Å²) in [5.41, 5.74) is 0.432. The lowest BCUT2D eigenvalue weighted by Gasteiger charge is -2.24. The summed E-state index contributed by atoms with van der Waals surface area (Å²) in [6.45, 7) is 9.06. The van der Waals surface area contributed by atoms with Crippen LogP contribution in [0.4, 0.5) is 0 Å². The van der Waals surface area contributed by atoms with E-state index in [1.165, 1.54) is 0 Å². The first-order valence-corrected chi connectivity index (χ1v) is 4.18. The Morgan fingerprint density at radius 3 is 2.38 bits per heavy atom. The zero-order valence-electron chi connectivity index (χ0n) is 7.83.